The van der Waals surface area contributed by atoms with E-state index >= 15 is 0 Å². The van der Waals surface area contributed by atoms with Crippen molar-refractivity contribution in [2.75, 3.05) is 19.7 Å². The van der Waals surface area contributed by atoms with Gasteiger partial charge in [-0.05, 0) is 38.8 Å². The van der Waals surface area contributed by atoms with Crippen molar-refractivity contribution in [1.29, 1.82) is 0 Å². The average Bonchev–Trinajstić information content (AvgIpc) is 2.39. The van der Waals surface area contributed by atoms with Crippen molar-refractivity contribution in [2.45, 2.75) is 50.6 Å². The van der Waals surface area contributed by atoms with E-state index in [1.165, 1.54) is 25.7 Å². The molecule has 0 aromatic heterocycles. The molecule has 1 amide bonds. The number of carbonyl (C=O) groups is 1. The smallest absolute Gasteiger partial charge is 0.410 e. The van der Waals surface area contributed by atoms with Gasteiger partial charge in [0.2, 0.25) is 0 Å². The lowest BCUT2D eigenvalue weighted by atomic mass is 9.82. The molecule has 96 valence electrons. The normalized spacial score (nSPS) is 35.3. The summed E-state index contributed by atoms with van der Waals surface area (Å²) < 4.78 is 5.38. The van der Waals surface area contributed by atoms with Gasteiger partial charge >= 0.3 is 6.09 Å². The van der Waals surface area contributed by atoms with Crippen molar-refractivity contribution < 1.29 is 9.53 Å². The van der Waals surface area contributed by atoms with E-state index in [0.717, 1.165) is 25.9 Å². The van der Waals surface area contributed by atoms with E-state index in [2.05, 4.69) is 10.2 Å². The Bertz CT molecular complexity index is 289. The maximum atomic E-state index is 12.0. The summed E-state index contributed by atoms with van der Waals surface area (Å²) in [7, 11) is 0. The molecule has 3 fully saturated rings. The third-order valence-corrected chi connectivity index (χ3v) is 4.56. The number of ether oxygens (including phenoxy) is 1. The second-order valence-electron chi connectivity index (χ2n) is 5.58. The van der Waals surface area contributed by atoms with Gasteiger partial charge < -0.3 is 15.0 Å². The highest BCUT2D eigenvalue weighted by atomic mass is 16.6. The van der Waals surface area contributed by atoms with Crippen LogP contribution in [0.4, 0.5) is 4.79 Å². The Morgan fingerprint density at radius 2 is 1.88 bits per heavy atom. The molecular formula is C13H22N2O2. The molecular weight excluding hydrogens is 216 g/mol. The van der Waals surface area contributed by atoms with Crippen LogP contribution in [0.2, 0.25) is 0 Å². The van der Waals surface area contributed by atoms with E-state index in [1.54, 1.807) is 0 Å². The molecule has 0 spiro atoms. The first-order valence-corrected chi connectivity index (χ1v) is 7.02. The largest absolute Gasteiger partial charge is 0.449 e. The molecule has 4 heteroatoms. The first kappa shape index (κ1) is 11.3. The fourth-order valence-corrected chi connectivity index (χ4v) is 3.64. The Balaban J connectivity index is 1.75. The Kier molecular flexibility index (Phi) is 3.23. The maximum absolute atomic E-state index is 12.0. The SMILES string of the molecule is O=C1OC[C@@H]2CCCC[C@H]2N1C1CCNCC1. The summed E-state index contributed by atoms with van der Waals surface area (Å²) in [4.78, 5) is 14.1. The lowest BCUT2D eigenvalue weighted by molar-refractivity contribution is -0.0311. The summed E-state index contributed by atoms with van der Waals surface area (Å²) in [5.41, 5.74) is 0. The van der Waals surface area contributed by atoms with Crippen LogP contribution in [0.1, 0.15) is 38.5 Å². The number of cyclic esters (lactones) is 1. The molecule has 0 bridgehead atoms. The van der Waals surface area contributed by atoms with E-state index < -0.39 is 0 Å². The number of amides is 1. The van der Waals surface area contributed by atoms with Crippen LogP contribution < -0.4 is 5.32 Å². The van der Waals surface area contributed by atoms with Crippen molar-refractivity contribution >= 4 is 6.09 Å². The molecule has 1 N–H and O–H groups in total. The van der Waals surface area contributed by atoms with Crippen molar-refractivity contribution in [3.05, 3.63) is 0 Å². The van der Waals surface area contributed by atoms with Crippen LogP contribution in [0.25, 0.3) is 0 Å². The predicted molar refractivity (Wildman–Crippen MR) is 64.8 cm³/mol. The number of rotatable bonds is 1. The third kappa shape index (κ3) is 2.15. The number of hydrogen-bond donors (Lipinski definition) is 1. The number of hydrogen-bond acceptors (Lipinski definition) is 3. The van der Waals surface area contributed by atoms with Crippen LogP contribution >= 0.6 is 0 Å². The standard InChI is InChI=1S/C13H22N2O2/c16-13-15(11-5-7-14-8-6-11)12-4-2-1-3-10(12)9-17-13/h10-12,14H,1-9H2/t10-,12+/m0/s1. The van der Waals surface area contributed by atoms with E-state index in [9.17, 15) is 4.79 Å². The van der Waals surface area contributed by atoms with Crippen LogP contribution in [0.5, 0.6) is 0 Å². The molecule has 0 aromatic carbocycles. The summed E-state index contributed by atoms with van der Waals surface area (Å²) in [6, 6.07) is 0.878. The molecule has 1 aliphatic carbocycles. The second kappa shape index (κ2) is 4.84. The van der Waals surface area contributed by atoms with E-state index in [0.29, 0.717) is 24.6 Å². The molecule has 4 nitrogen and oxygen atoms in total. The van der Waals surface area contributed by atoms with Gasteiger partial charge in [0.25, 0.3) is 0 Å². The van der Waals surface area contributed by atoms with Gasteiger partial charge in [-0.2, -0.15) is 0 Å². The van der Waals surface area contributed by atoms with Crippen molar-refractivity contribution in [3.8, 4) is 0 Å². The molecule has 2 aliphatic heterocycles. The van der Waals surface area contributed by atoms with Gasteiger partial charge in [0, 0.05) is 18.0 Å². The minimum absolute atomic E-state index is 0.0555. The minimum Gasteiger partial charge on any atom is -0.449 e. The predicted octanol–water partition coefficient (Wildman–Crippen LogP) is 1.75. The Morgan fingerprint density at radius 1 is 1.12 bits per heavy atom. The molecule has 17 heavy (non-hydrogen) atoms. The average molecular weight is 238 g/mol. The molecule has 0 aromatic rings. The highest BCUT2D eigenvalue weighted by molar-refractivity contribution is 5.69. The third-order valence-electron chi connectivity index (χ3n) is 4.56. The fraction of sp³-hybridized carbons (Fsp3) is 0.923. The molecule has 3 rings (SSSR count). The van der Waals surface area contributed by atoms with Crippen LogP contribution in [-0.4, -0.2) is 42.8 Å². The highest BCUT2D eigenvalue weighted by Crippen LogP contribution is 2.34. The summed E-state index contributed by atoms with van der Waals surface area (Å²) in [6.07, 6.45) is 7.11. The lowest BCUT2D eigenvalue weighted by Gasteiger charge is -2.47. The Morgan fingerprint density at radius 3 is 2.71 bits per heavy atom. The van der Waals surface area contributed by atoms with Gasteiger partial charge in [-0.1, -0.05) is 12.8 Å². The summed E-state index contributed by atoms with van der Waals surface area (Å²) in [5.74, 6) is 0.594. The minimum atomic E-state index is -0.0555. The summed E-state index contributed by atoms with van der Waals surface area (Å²) in [5, 5.41) is 3.36. The van der Waals surface area contributed by atoms with Crippen LogP contribution in [0.15, 0.2) is 0 Å². The number of piperidine rings is 1. The zero-order valence-electron chi connectivity index (χ0n) is 10.4. The van der Waals surface area contributed by atoms with Crippen molar-refractivity contribution in [1.82, 2.24) is 10.2 Å². The maximum Gasteiger partial charge on any atom is 0.410 e. The monoisotopic (exact) mass is 238 g/mol. The molecule has 1 saturated carbocycles. The van der Waals surface area contributed by atoms with Crippen molar-refractivity contribution in [2.24, 2.45) is 5.92 Å². The van der Waals surface area contributed by atoms with Crippen molar-refractivity contribution in [3.63, 3.8) is 0 Å². The Hall–Kier alpha value is -0.770. The molecule has 2 atom stereocenters. The number of fused-ring (bicyclic) bond motifs is 1. The van der Waals surface area contributed by atoms with Gasteiger partial charge in [-0.25, -0.2) is 4.79 Å². The molecule has 2 saturated heterocycles. The number of nitrogens with one attached hydrogen (secondary N) is 1. The zero-order valence-corrected chi connectivity index (χ0v) is 10.4. The first-order chi connectivity index (χ1) is 8.36. The van der Waals surface area contributed by atoms with Gasteiger partial charge in [-0.15, -0.1) is 0 Å². The highest BCUT2D eigenvalue weighted by Gasteiger charge is 2.42. The number of carbonyl (C=O) groups excluding carboxylic acids is 1. The summed E-state index contributed by atoms with van der Waals surface area (Å²) >= 11 is 0. The fourth-order valence-electron chi connectivity index (χ4n) is 3.64. The number of nitrogens with zero attached hydrogens (tertiary/aromatic N) is 1. The van der Waals surface area contributed by atoms with Gasteiger partial charge in [0.1, 0.15) is 0 Å². The van der Waals surface area contributed by atoms with E-state index in [-0.39, 0.29) is 6.09 Å². The Labute approximate surface area is 103 Å². The molecule has 0 unspecified atom stereocenters. The van der Waals surface area contributed by atoms with E-state index in [1.807, 2.05) is 0 Å². The van der Waals surface area contributed by atoms with Gasteiger partial charge in [0.15, 0.2) is 0 Å². The molecule has 0 radical (unpaired) electrons. The summed E-state index contributed by atoms with van der Waals surface area (Å²) in [6.45, 7) is 2.72. The van der Waals surface area contributed by atoms with Crippen LogP contribution in [0.3, 0.4) is 0 Å². The topological polar surface area (TPSA) is 41.6 Å². The van der Waals surface area contributed by atoms with E-state index in [4.69, 9.17) is 4.74 Å². The van der Waals surface area contributed by atoms with Crippen LogP contribution in [-0.2, 0) is 4.74 Å². The quantitative estimate of drug-likeness (QED) is 0.756. The first-order valence-electron chi connectivity index (χ1n) is 7.02. The van der Waals surface area contributed by atoms with Crippen LogP contribution in [0, 0.1) is 5.92 Å². The lowest BCUT2D eigenvalue weighted by Crippen LogP contribution is -2.58. The second-order valence-corrected chi connectivity index (χ2v) is 5.58. The zero-order chi connectivity index (χ0) is 11.7. The van der Waals surface area contributed by atoms with Gasteiger partial charge in [0.05, 0.1) is 6.61 Å². The molecule has 2 heterocycles. The molecule has 3 aliphatic rings. The van der Waals surface area contributed by atoms with Gasteiger partial charge in [-0.3, -0.25) is 0 Å².